The fraction of sp³-hybridized carbons (Fsp3) is 0.575. The summed E-state index contributed by atoms with van der Waals surface area (Å²) in [5, 5.41) is 0. The monoisotopic (exact) mass is 666 g/mol. The van der Waals surface area contributed by atoms with E-state index in [0.717, 1.165) is 30.4 Å². The number of benzene rings is 2. The summed E-state index contributed by atoms with van der Waals surface area (Å²) in [5.41, 5.74) is 1.16. The Kier molecular flexibility index (Phi) is 13.9. The second kappa shape index (κ2) is 16.5. The Balaban J connectivity index is 2.62. The second-order valence-corrected chi connectivity index (χ2v) is 15.5. The van der Waals surface area contributed by atoms with Gasteiger partial charge in [0.15, 0.2) is 5.78 Å². The largest absolute Gasteiger partial charge is 0.493 e. The molecule has 0 unspecified atom stereocenters. The zero-order chi connectivity index (χ0) is 36.5. The van der Waals surface area contributed by atoms with Crippen molar-refractivity contribution in [2.24, 2.45) is 10.8 Å². The Morgan fingerprint density at radius 1 is 0.646 bits per heavy atom. The molecule has 0 radical (unpaired) electrons. The molecule has 0 spiro atoms. The SMILES string of the molecule is CCCOc1c(C(C)(C)CC)cc(C(C)(C)CC)c(OCOC(=O)C(C)(C)C)c1C=CC(=O)c1ccc(OCOC(=O)C(C)(C)C)cc1. The van der Waals surface area contributed by atoms with Gasteiger partial charge in [0.1, 0.15) is 17.2 Å². The molecule has 8 heteroatoms. The Labute approximate surface area is 288 Å². The lowest BCUT2D eigenvalue weighted by atomic mass is 9.74. The van der Waals surface area contributed by atoms with E-state index >= 15 is 0 Å². The molecule has 0 heterocycles. The molecule has 48 heavy (non-hydrogen) atoms. The normalized spacial score (nSPS) is 12.5. The van der Waals surface area contributed by atoms with Gasteiger partial charge in [-0.2, -0.15) is 0 Å². The molecule has 8 nitrogen and oxygen atoms in total. The van der Waals surface area contributed by atoms with Crippen molar-refractivity contribution in [3.63, 3.8) is 0 Å². The number of ketones is 1. The quantitative estimate of drug-likeness (QED) is 0.0756. The summed E-state index contributed by atoms with van der Waals surface area (Å²) in [4.78, 5) is 38.2. The van der Waals surface area contributed by atoms with Crippen LogP contribution in [0.5, 0.6) is 17.2 Å². The van der Waals surface area contributed by atoms with Crippen LogP contribution in [-0.4, -0.2) is 37.9 Å². The molecule has 0 aromatic heterocycles. The van der Waals surface area contributed by atoms with Gasteiger partial charge in [-0.1, -0.05) is 48.5 Å². The van der Waals surface area contributed by atoms with Crippen LogP contribution in [0.4, 0.5) is 0 Å². The molecule has 0 fully saturated rings. The first kappa shape index (κ1) is 40.4. The van der Waals surface area contributed by atoms with Crippen LogP contribution in [0.1, 0.15) is 136 Å². The molecular formula is C40H58O8. The van der Waals surface area contributed by atoms with Crippen LogP contribution in [0, 0.1) is 10.8 Å². The number of esters is 2. The summed E-state index contributed by atoms with van der Waals surface area (Å²) in [6.07, 6.45) is 5.72. The van der Waals surface area contributed by atoms with Crippen molar-refractivity contribution in [1.29, 1.82) is 0 Å². The molecule has 0 aliphatic heterocycles. The fourth-order valence-electron chi connectivity index (χ4n) is 4.42. The van der Waals surface area contributed by atoms with Crippen LogP contribution in [0.25, 0.3) is 6.08 Å². The van der Waals surface area contributed by atoms with Gasteiger partial charge >= 0.3 is 11.9 Å². The minimum atomic E-state index is -0.689. The van der Waals surface area contributed by atoms with Crippen molar-refractivity contribution in [3.8, 4) is 17.2 Å². The summed E-state index contributed by atoms with van der Waals surface area (Å²) >= 11 is 0. The van der Waals surface area contributed by atoms with E-state index < -0.39 is 10.8 Å². The predicted octanol–water partition coefficient (Wildman–Crippen LogP) is 9.60. The van der Waals surface area contributed by atoms with Gasteiger partial charge in [-0.05, 0) is 114 Å². The van der Waals surface area contributed by atoms with Crippen LogP contribution >= 0.6 is 0 Å². The molecule has 0 saturated carbocycles. The van der Waals surface area contributed by atoms with E-state index in [1.807, 2.05) is 6.92 Å². The van der Waals surface area contributed by atoms with Crippen molar-refractivity contribution in [2.45, 2.75) is 120 Å². The third-order valence-electron chi connectivity index (χ3n) is 8.52. The molecule has 0 aliphatic rings. The number of carbonyl (C=O) groups is 3. The first-order chi connectivity index (χ1) is 22.2. The van der Waals surface area contributed by atoms with Crippen LogP contribution in [0.2, 0.25) is 0 Å². The van der Waals surface area contributed by atoms with E-state index in [2.05, 4.69) is 47.6 Å². The molecule has 2 rings (SSSR count). The minimum absolute atomic E-state index is 0.224. The van der Waals surface area contributed by atoms with Gasteiger partial charge < -0.3 is 23.7 Å². The molecule has 2 aromatic carbocycles. The van der Waals surface area contributed by atoms with Crippen LogP contribution in [0.3, 0.4) is 0 Å². The van der Waals surface area contributed by atoms with E-state index in [1.165, 1.54) is 6.08 Å². The van der Waals surface area contributed by atoms with Crippen molar-refractivity contribution < 1.29 is 38.1 Å². The van der Waals surface area contributed by atoms with Crippen LogP contribution < -0.4 is 14.2 Å². The molecular weight excluding hydrogens is 608 g/mol. The fourth-order valence-corrected chi connectivity index (χ4v) is 4.42. The number of hydrogen-bond acceptors (Lipinski definition) is 8. The lowest BCUT2D eigenvalue weighted by Crippen LogP contribution is -2.26. The molecule has 2 aromatic rings. The number of carbonyl (C=O) groups excluding carboxylic acids is 3. The van der Waals surface area contributed by atoms with Gasteiger partial charge in [-0.25, -0.2) is 0 Å². The molecule has 0 saturated heterocycles. The van der Waals surface area contributed by atoms with Crippen LogP contribution in [-0.2, 0) is 29.9 Å². The average molecular weight is 667 g/mol. The predicted molar refractivity (Wildman–Crippen MR) is 191 cm³/mol. The zero-order valence-corrected chi connectivity index (χ0v) is 31.6. The summed E-state index contributed by atoms with van der Waals surface area (Å²) in [7, 11) is 0. The number of ether oxygens (including phenoxy) is 5. The highest BCUT2D eigenvalue weighted by Crippen LogP contribution is 2.47. The highest BCUT2D eigenvalue weighted by molar-refractivity contribution is 6.07. The molecule has 0 aliphatic carbocycles. The summed E-state index contributed by atoms with van der Waals surface area (Å²) in [6.45, 7) is 25.6. The van der Waals surface area contributed by atoms with Gasteiger partial charge in [0.25, 0.3) is 0 Å². The molecule has 0 bridgehead atoms. The standard InChI is InChI=1S/C40H58O8/c1-14-23-44-33-29(21-22-32(41)27-17-19-28(20-18-27)45-25-47-35(42)37(4,5)6)34(46-26-48-36(43)38(7,8)9)31(40(12,13)16-3)24-30(33)39(10,11)15-2/h17-22,24H,14-16,23,25-26H2,1-13H3. The molecule has 266 valence electrons. The van der Waals surface area contributed by atoms with Crippen molar-refractivity contribution in [1.82, 2.24) is 0 Å². The van der Waals surface area contributed by atoms with Gasteiger partial charge in [-0.3, -0.25) is 14.4 Å². The summed E-state index contributed by atoms with van der Waals surface area (Å²) in [6, 6.07) is 8.80. The third kappa shape index (κ3) is 10.9. The van der Waals surface area contributed by atoms with Crippen LogP contribution in [0.15, 0.2) is 36.4 Å². The Morgan fingerprint density at radius 3 is 1.54 bits per heavy atom. The van der Waals surface area contributed by atoms with Gasteiger partial charge in [0.05, 0.1) is 23.0 Å². The Bertz CT molecular complexity index is 1430. The lowest BCUT2D eigenvalue weighted by molar-refractivity contribution is -0.160. The first-order valence-corrected chi connectivity index (χ1v) is 17.0. The molecule has 0 atom stereocenters. The minimum Gasteiger partial charge on any atom is -0.493 e. The Hall–Kier alpha value is -3.81. The van der Waals surface area contributed by atoms with Crippen molar-refractivity contribution >= 4 is 23.8 Å². The van der Waals surface area contributed by atoms with E-state index in [4.69, 9.17) is 23.7 Å². The average Bonchev–Trinajstić information content (AvgIpc) is 3.01. The smallest absolute Gasteiger partial charge is 0.314 e. The van der Waals surface area contributed by atoms with Crippen molar-refractivity contribution in [3.05, 3.63) is 58.7 Å². The highest BCUT2D eigenvalue weighted by atomic mass is 16.7. The van der Waals surface area contributed by atoms with Crippen molar-refractivity contribution in [2.75, 3.05) is 20.2 Å². The number of rotatable bonds is 16. The maximum absolute atomic E-state index is 13.5. The summed E-state index contributed by atoms with van der Waals surface area (Å²) in [5.74, 6) is 0.654. The summed E-state index contributed by atoms with van der Waals surface area (Å²) < 4.78 is 29.1. The van der Waals surface area contributed by atoms with E-state index in [9.17, 15) is 14.4 Å². The second-order valence-electron chi connectivity index (χ2n) is 15.5. The van der Waals surface area contributed by atoms with E-state index in [0.29, 0.717) is 35.0 Å². The maximum Gasteiger partial charge on any atom is 0.314 e. The third-order valence-corrected chi connectivity index (χ3v) is 8.52. The highest BCUT2D eigenvalue weighted by Gasteiger charge is 2.33. The number of hydrogen-bond donors (Lipinski definition) is 0. The lowest BCUT2D eigenvalue weighted by Gasteiger charge is -2.34. The van der Waals surface area contributed by atoms with Gasteiger partial charge in [-0.15, -0.1) is 0 Å². The Morgan fingerprint density at radius 2 is 1.10 bits per heavy atom. The van der Waals surface area contributed by atoms with Gasteiger partial charge in [0, 0.05) is 16.7 Å². The molecule has 0 amide bonds. The number of allylic oxidation sites excluding steroid dienone is 1. The van der Waals surface area contributed by atoms with E-state index in [-0.39, 0.29) is 42.1 Å². The van der Waals surface area contributed by atoms with Gasteiger partial charge in [0.2, 0.25) is 13.6 Å². The maximum atomic E-state index is 13.5. The first-order valence-electron chi connectivity index (χ1n) is 17.0. The molecule has 0 N–H and O–H groups in total. The topological polar surface area (TPSA) is 97.4 Å². The zero-order valence-electron chi connectivity index (χ0n) is 31.6. The van der Waals surface area contributed by atoms with E-state index in [1.54, 1.807) is 71.9 Å².